The average Bonchev–Trinajstić information content (AvgIpc) is 2.84. The Balaban J connectivity index is 1.32. The van der Waals surface area contributed by atoms with Gasteiger partial charge in [-0.3, -0.25) is 4.90 Å². The van der Waals surface area contributed by atoms with Crippen LogP contribution < -0.4 is 11.1 Å². The van der Waals surface area contributed by atoms with E-state index in [1.807, 2.05) is 49.4 Å². The van der Waals surface area contributed by atoms with E-state index in [1.165, 1.54) is 18.6 Å². The van der Waals surface area contributed by atoms with E-state index in [0.717, 1.165) is 59.0 Å². The SMILES string of the molecule is C=C(C)Nc1cc(Cl)c(-c2cccc(N)c2)cc1/C=C/C(=C)N1C2CC1CN(Cc1ccc(F)cc1)C2. The third-order valence-electron chi connectivity index (χ3n) is 7.06. The maximum atomic E-state index is 13.2. The van der Waals surface area contributed by atoms with Gasteiger partial charge in [-0.1, -0.05) is 55.1 Å². The van der Waals surface area contributed by atoms with Crippen LogP contribution in [0, 0.1) is 5.82 Å². The van der Waals surface area contributed by atoms with Gasteiger partial charge in [0.1, 0.15) is 5.82 Å². The summed E-state index contributed by atoms with van der Waals surface area (Å²) in [6.45, 7) is 13.1. The van der Waals surface area contributed by atoms with Crippen LogP contribution in [0.1, 0.15) is 24.5 Å². The largest absolute Gasteiger partial charge is 0.399 e. The maximum Gasteiger partial charge on any atom is 0.123 e. The minimum absolute atomic E-state index is 0.193. The number of allylic oxidation sites excluding steroid dienone is 2. The first-order valence-corrected chi connectivity index (χ1v) is 12.9. The van der Waals surface area contributed by atoms with Crippen molar-refractivity contribution in [2.45, 2.75) is 32.0 Å². The molecule has 4 nitrogen and oxygen atoms in total. The molecule has 0 aromatic heterocycles. The van der Waals surface area contributed by atoms with Gasteiger partial charge in [-0.25, -0.2) is 4.39 Å². The van der Waals surface area contributed by atoms with Crippen LogP contribution in [0.25, 0.3) is 17.2 Å². The number of anilines is 2. The van der Waals surface area contributed by atoms with Crippen LogP contribution in [0.5, 0.6) is 0 Å². The first-order valence-electron chi connectivity index (χ1n) is 12.5. The highest BCUT2D eigenvalue weighted by Crippen LogP contribution is 2.38. The molecule has 3 saturated heterocycles. The summed E-state index contributed by atoms with van der Waals surface area (Å²) in [5, 5.41) is 3.97. The minimum Gasteiger partial charge on any atom is -0.399 e. The zero-order valence-electron chi connectivity index (χ0n) is 21.1. The van der Waals surface area contributed by atoms with Crippen LogP contribution >= 0.6 is 11.6 Å². The van der Waals surface area contributed by atoms with Crippen LogP contribution in [0.15, 0.2) is 91.3 Å². The van der Waals surface area contributed by atoms with Crippen molar-refractivity contribution in [3.05, 3.63) is 113 Å². The number of nitrogens with one attached hydrogen (secondary N) is 1. The van der Waals surface area contributed by atoms with Gasteiger partial charge in [-0.15, -0.1) is 0 Å². The molecule has 6 rings (SSSR count). The molecule has 3 fully saturated rings. The van der Waals surface area contributed by atoms with Crippen LogP contribution in [-0.4, -0.2) is 35.0 Å². The quantitative estimate of drug-likeness (QED) is 0.247. The topological polar surface area (TPSA) is 44.5 Å². The minimum atomic E-state index is -0.193. The summed E-state index contributed by atoms with van der Waals surface area (Å²) in [6, 6.07) is 19.4. The van der Waals surface area contributed by atoms with E-state index < -0.39 is 0 Å². The van der Waals surface area contributed by atoms with E-state index in [1.54, 1.807) is 0 Å². The number of fused-ring (bicyclic) bond motifs is 2. The second-order valence-corrected chi connectivity index (χ2v) is 10.5. The fourth-order valence-electron chi connectivity index (χ4n) is 5.41. The highest BCUT2D eigenvalue weighted by atomic mass is 35.5. The van der Waals surface area contributed by atoms with Crippen molar-refractivity contribution in [1.29, 1.82) is 0 Å². The van der Waals surface area contributed by atoms with E-state index in [0.29, 0.717) is 22.8 Å². The molecule has 2 unspecified atom stereocenters. The number of benzene rings is 3. The molecule has 2 atom stereocenters. The average molecular weight is 515 g/mol. The molecular formula is C31H32ClFN4. The highest BCUT2D eigenvalue weighted by molar-refractivity contribution is 6.33. The molecule has 6 heteroatoms. The second-order valence-electron chi connectivity index (χ2n) is 10.0. The smallest absolute Gasteiger partial charge is 0.123 e. The number of nitrogen functional groups attached to an aromatic ring is 1. The first kappa shape index (κ1) is 25.1. The van der Waals surface area contributed by atoms with Crippen molar-refractivity contribution in [3.63, 3.8) is 0 Å². The molecule has 3 aliphatic heterocycles. The normalized spacial score (nSPS) is 19.1. The number of halogens is 2. The van der Waals surface area contributed by atoms with Gasteiger partial charge >= 0.3 is 0 Å². The van der Waals surface area contributed by atoms with E-state index in [2.05, 4.69) is 46.5 Å². The molecule has 0 aliphatic carbocycles. The summed E-state index contributed by atoms with van der Waals surface area (Å²) in [5.41, 5.74) is 13.5. The van der Waals surface area contributed by atoms with Crippen molar-refractivity contribution >= 4 is 29.1 Å². The lowest BCUT2D eigenvalue weighted by Gasteiger charge is -2.58. The van der Waals surface area contributed by atoms with Crippen molar-refractivity contribution < 1.29 is 4.39 Å². The summed E-state index contributed by atoms with van der Waals surface area (Å²) in [6.07, 6.45) is 5.35. The van der Waals surface area contributed by atoms with Gasteiger partial charge in [0.2, 0.25) is 0 Å². The summed E-state index contributed by atoms with van der Waals surface area (Å²) < 4.78 is 13.2. The van der Waals surface area contributed by atoms with Gasteiger partial charge in [0.25, 0.3) is 0 Å². The molecule has 3 N–H and O–H groups in total. The molecule has 3 aromatic rings. The molecule has 190 valence electrons. The molecule has 3 aliphatic rings. The van der Waals surface area contributed by atoms with Crippen LogP contribution in [0.4, 0.5) is 15.8 Å². The summed E-state index contributed by atoms with van der Waals surface area (Å²) in [4.78, 5) is 4.88. The van der Waals surface area contributed by atoms with Gasteiger partial charge in [-0.05, 0) is 72.5 Å². The summed E-state index contributed by atoms with van der Waals surface area (Å²) in [7, 11) is 0. The monoisotopic (exact) mass is 514 g/mol. The Morgan fingerprint density at radius 2 is 1.84 bits per heavy atom. The van der Waals surface area contributed by atoms with Crippen molar-refractivity contribution in [2.75, 3.05) is 24.1 Å². The molecule has 0 spiro atoms. The zero-order chi connectivity index (χ0) is 26.1. The first-order chi connectivity index (χ1) is 17.8. The molecule has 0 radical (unpaired) electrons. The predicted octanol–water partition coefficient (Wildman–Crippen LogP) is 7.16. The Labute approximate surface area is 223 Å². The molecule has 0 saturated carbocycles. The number of piperazine rings is 1. The number of hydrogen-bond donors (Lipinski definition) is 2. The lowest BCUT2D eigenvalue weighted by Crippen LogP contribution is -2.67. The van der Waals surface area contributed by atoms with E-state index in [4.69, 9.17) is 17.3 Å². The fourth-order valence-corrected chi connectivity index (χ4v) is 5.68. The Kier molecular flexibility index (Phi) is 7.09. The lowest BCUT2D eigenvalue weighted by molar-refractivity contribution is -0.0438. The Morgan fingerprint density at radius 3 is 2.51 bits per heavy atom. The van der Waals surface area contributed by atoms with E-state index in [9.17, 15) is 4.39 Å². The molecule has 37 heavy (non-hydrogen) atoms. The van der Waals surface area contributed by atoms with Gasteiger partial charge in [-0.2, -0.15) is 0 Å². The van der Waals surface area contributed by atoms with E-state index in [-0.39, 0.29) is 5.82 Å². The van der Waals surface area contributed by atoms with E-state index >= 15 is 0 Å². The summed E-state index contributed by atoms with van der Waals surface area (Å²) >= 11 is 6.68. The van der Waals surface area contributed by atoms with Crippen molar-refractivity contribution in [3.8, 4) is 11.1 Å². The van der Waals surface area contributed by atoms with Crippen molar-refractivity contribution in [2.24, 2.45) is 0 Å². The standard InChI is InChI=1S/C31H32ClFN4/c1-20(2)35-31-16-30(32)29(23-5-4-6-26(34)13-23)14-24(31)10-7-21(3)37-27-15-28(37)19-36(18-27)17-22-8-11-25(33)12-9-22/h4-14,16,27-28,35H,1,3,15,17-19,34H2,2H3/b10-7+. The number of nitrogens with two attached hydrogens (primary N) is 1. The fraction of sp³-hybridized carbons (Fsp3) is 0.226. The van der Waals surface area contributed by atoms with Crippen LogP contribution in [0.2, 0.25) is 5.02 Å². The molecule has 0 amide bonds. The number of rotatable bonds is 8. The molecule has 2 bridgehead atoms. The van der Waals surface area contributed by atoms with Crippen LogP contribution in [-0.2, 0) is 6.54 Å². The Morgan fingerprint density at radius 1 is 1.11 bits per heavy atom. The number of nitrogens with zero attached hydrogens (tertiary/aromatic N) is 2. The van der Waals surface area contributed by atoms with Crippen molar-refractivity contribution in [1.82, 2.24) is 9.80 Å². The van der Waals surface area contributed by atoms with Gasteiger partial charge in [0.15, 0.2) is 0 Å². The Bertz CT molecular complexity index is 1350. The van der Waals surface area contributed by atoms with Gasteiger partial charge in [0, 0.05) is 60.1 Å². The van der Waals surface area contributed by atoms with Crippen LogP contribution in [0.3, 0.4) is 0 Å². The number of piperidine rings is 1. The molecular weight excluding hydrogens is 483 g/mol. The molecule has 3 aromatic carbocycles. The number of hydrogen-bond acceptors (Lipinski definition) is 4. The molecule has 3 heterocycles. The zero-order valence-corrected chi connectivity index (χ0v) is 21.8. The maximum absolute atomic E-state index is 13.2. The van der Waals surface area contributed by atoms with Gasteiger partial charge in [0.05, 0.1) is 5.02 Å². The third kappa shape index (κ3) is 5.58. The predicted molar refractivity (Wildman–Crippen MR) is 154 cm³/mol. The van der Waals surface area contributed by atoms with Gasteiger partial charge < -0.3 is 16.0 Å². The lowest BCUT2D eigenvalue weighted by atomic mass is 9.86. The third-order valence-corrected chi connectivity index (χ3v) is 7.37. The highest BCUT2D eigenvalue weighted by Gasteiger charge is 2.44. The Hall–Kier alpha value is -3.54. The summed E-state index contributed by atoms with van der Waals surface area (Å²) in [5.74, 6) is -0.193. The second kappa shape index (κ2) is 10.4.